The average Bonchev–Trinajstić information content (AvgIpc) is 2.84. The first-order valence-corrected chi connectivity index (χ1v) is 7.01. The molecule has 3 atom stereocenters. The van der Waals surface area contributed by atoms with Gasteiger partial charge in [-0.15, -0.1) is 0 Å². The van der Waals surface area contributed by atoms with Crippen LogP contribution in [0.15, 0.2) is 0 Å². The van der Waals surface area contributed by atoms with E-state index < -0.39 is 0 Å². The topological polar surface area (TPSA) is 12.0 Å². The maximum Gasteiger partial charge on any atom is 0.00105 e. The molecule has 2 fully saturated rings. The Hall–Kier alpha value is -0.0400. The molecule has 2 saturated carbocycles. The molecule has 3 unspecified atom stereocenters. The van der Waals surface area contributed by atoms with E-state index in [4.69, 9.17) is 0 Å². The molecule has 2 rings (SSSR count). The summed E-state index contributed by atoms with van der Waals surface area (Å²) in [6.45, 7) is 7.00. The van der Waals surface area contributed by atoms with E-state index in [-0.39, 0.29) is 0 Å². The molecule has 0 aliphatic heterocycles. The van der Waals surface area contributed by atoms with Gasteiger partial charge in [-0.1, -0.05) is 33.1 Å². The fraction of sp³-hybridized carbons (Fsp3) is 1.00. The second kappa shape index (κ2) is 4.86. The molecule has 0 aromatic rings. The second-order valence-corrected chi connectivity index (χ2v) is 5.83. The Morgan fingerprint density at radius 1 is 1.27 bits per heavy atom. The molecule has 2 aliphatic rings. The zero-order valence-electron chi connectivity index (χ0n) is 10.5. The number of hydrogen-bond acceptors (Lipinski definition) is 1. The van der Waals surface area contributed by atoms with Gasteiger partial charge in [0, 0.05) is 6.54 Å². The summed E-state index contributed by atoms with van der Waals surface area (Å²) in [5.74, 6) is 2.15. The third kappa shape index (κ3) is 2.22. The molecule has 1 N–H and O–H groups in total. The highest BCUT2D eigenvalue weighted by Gasteiger charge is 2.49. The summed E-state index contributed by atoms with van der Waals surface area (Å²) in [5, 5.41) is 3.62. The quantitative estimate of drug-likeness (QED) is 0.705. The van der Waals surface area contributed by atoms with Crippen LogP contribution in [-0.2, 0) is 0 Å². The van der Waals surface area contributed by atoms with Gasteiger partial charge in [-0.2, -0.15) is 0 Å². The molecule has 2 bridgehead atoms. The van der Waals surface area contributed by atoms with Crippen LogP contribution in [-0.4, -0.2) is 13.1 Å². The van der Waals surface area contributed by atoms with Crippen molar-refractivity contribution in [2.24, 2.45) is 17.3 Å². The molecule has 1 heteroatoms. The van der Waals surface area contributed by atoms with Gasteiger partial charge in [-0.05, 0) is 49.5 Å². The predicted molar refractivity (Wildman–Crippen MR) is 65.9 cm³/mol. The first-order valence-electron chi connectivity index (χ1n) is 7.01. The van der Waals surface area contributed by atoms with Crippen LogP contribution in [0.4, 0.5) is 0 Å². The highest BCUT2D eigenvalue weighted by atomic mass is 14.9. The molecular formula is C14H27N. The van der Waals surface area contributed by atoms with Gasteiger partial charge in [0.15, 0.2) is 0 Å². The minimum absolute atomic E-state index is 0.703. The normalized spacial score (nSPS) is 38.8. The van der Waals surface area contributed by atoms with Gasteiger partial charge >= 0.3 is 0 Å². The van der Waals surface area contributed by atoms with E-state index >= 15 is 0 Å². The molecule has 2 aliphatic carbocycles. The first kappa shape index (κ1) is 11.4. The average molecular weight is 209 g/mol. The summed E-state index contributed by atoms with van der Waals surface area (Å²) in [5.41, 5.74) is 0.703. The lowest BCUT2D eigenvalue weighted by Crippen LogP contribution is -2.38. The highest BCUT2D eigenvalue weighted by molar-refractivity contribution is 5.01. The highest BCUT2D eigenvalue weighted by Crippen LogP contribution is 2.57. The van der Waals surface area contributed by atoms with Gasteiger partial charge in [0.2, 0.25) is 0 Å². The molecule has 0 heterocycles. The minimum atomic E-state index is 0.703. The van der Waals surface area contributed by atoms with Crippen molar-refractivity contribution in [1.29, 1.82) is 0 Å². The third-order valence-corrected chi connectivity index (χ3v) is 4.86. The lowest BCUT2D eigenvalue weighted by molar-refractivity contribution is 0.140. The SMILES string of the molecule is CCCCC1(CNCC)CC2CCC1C2. The van der Waals surface area contributed by atoms with Crippen molar-refractivity contribution in [1.82, 2.24) is 5.32 Å². The number of fused-ring (bicyclic) bond motifs is 2. The van der Waals surface area contributed by atoms with Crippen molar-refractivity contribution in [3.63, 3.8) is 0 Å². The molecule has 0 aromatic carbocycles. The van der Waals surface area contributed by atoms with Gasteiger partial charge in [-0.3, -0.25) is 0 Å². The minimum Gasteiger partial charge on any atom is -0.316 e. The summed E-state index contributed by atoms with van der Waals surface area (Å²) >= 11 is 0. The van der Waals surface area contributed by atoms with E-state index in [0.29, 0.717) is 5.41 Å². The van der Waals surface area contributed by atoms with Crippen LogP contribution in [0.3, 0.4) is 0 Å². The molecule has 15 heavy (non-hydrogen) atoms. The van der Waals surface area contributed by atoms with Crippen LogP contribution in [0.1, 0.15) is 58.8 Å². The van der Waals surface area contributed by atoms with Gasteiger partial charge < -0.3 is 5.32 Å². The van der Waals surface area contributed by atoms with Crippen LogP contribution in [0.5, 0.6) is 0 Å². The molecular weight excluding hydrogens is 182 g/mol. The van der Waals surface area contributed by atoms with E-state index in [2.05, 4.69) is 19.2 Å². The summed E-state index contributed by atoms with van der Waals surface area (Å²) in [6, 6.07) is 0. The molecule has 0 saturated heterocycles. The predicted octanol–water partition coefficient (Wildman–Crippen LogP) is 3.59. The van der Waals surface area contributed by atoms with E-state index in [0.717, 1.165) is 18.4 Å². The fourth-order valence-electron chi connectivity index (χ4n) is 4.07. The molecule has 1 nitrogen and oxygen atoms in total. The first-order chi connectivity index (χ1) is 7.30. The summed E-state index contributed by atoms with van der Waals surface area (Å²) in [7, 11) is 0. The summed E-state index contributed by atoms with van der Waals surface area (Å²) in [4.78, 5) is 0. The number of hydrogen-bond donors (Lipinski definition) is 1. The van der Waals surface area contributed by atoms with Crippen LogP contribution >= 0.6 is 0 Å². The summed E-state index contributed by atoms with van der Waals surface area (Å²) in [6.07, 6.45) is 10.4. The monoisotopic (exact) mass is 209 g/mol. The van der Waals surface area contributed by atoms with Gasteiger partial charge in [-0.25, -0.2) is 0 Å². The van der Waals surface area contributed by atoms with Crippen molar-refractivity contribution in [3.8, 4) is 0 Å². The Kier molecular flexibility index (Phi) is 3.71. The van der Waals surface area contributed by atoms with Gasteiger partial charge in [0.1, 0.15) is 0 Å². The van der Waals surface area contributed by atoms with E-state index in [1.165, 1.54) is 45.1 Å². The number of rotatable bonds is 6. The van der Waals surface area contributed by atoms with E-state index in [1.807, 2.05) is 0 Å². The summed E-state index contributed by atoms with van der Waals surface area (Å²) < 4.78 is 0. The van der Waals surface area contributed by atoms with Gasteiger partial charge in [0.25, 0.3) is 0 Å². The van der Waals surface area contributed by atoms with Crippen LogP contribution in [0.25, 0.3) is 0 Å². The Bertz CT molecular complexity index is 192. The van der Waals surface area contributed by atoms with Crippen molar-refractivity contribution >= 4 is 0 Å². The Morgan fingerprint density at radius 2 is 2.13 bits per heavy atom. The second-order valence-electron chi connectivity index (χ2n) is 5.83. The zero-order chi connectivity index (χ0) is 10.7. The molecule has 0 amide bonds. The zero-order valence-corrected chi connectivity index (χ0v) is 10.5. The maximum absolute atomic E-state index is 3.62. The molecule has 0 radical (unpaired) electrons. The standard InChI is InChI=1S/C14H27N/c1-3-5-8-14(11-15-4-2)10-12-6-7-13(14)9-12/h12-13,15H,3-11H2,1-2H3. The van der Waals surface area contributed by atoms with E-state index in [1.54, 1.807) is 6.42 Å². The number of unbranched alkanes of at least 4 members (excludes halogenated alkanes) is 1. The number of nitrogens with one attached hydrogen (secondary N) is 1. The third-order valence-electron chi connectivity index (χ3n) is 4.86. The van der Waals surface area contributed by atoms with E-state index in [9.17, 15) is 0 Å². The van der Waals surface area contributed by atoms with Gasteiger partial charge in [0.05, 0.1) is 0 Å². The van der Waals surface area contributed by atoms with Crippen molar-refractivity contribution in [2.75, 3.05) is 13.1 Å². The van der Waals surface area contributed by atoms with Crippen molar-refractivity contribution in [3.05, 3.63) is 0 Å². The molecule has 0 aromatic heterocycles. The largest absolute Gasteiger partial charge is 0.316 e. The maximum atomic E-state index is 3.62. The molecule has 88 valence electrons. The lowest BCUT2D eigenvalue weighted by atomic mass is 9.70. The van der Waals surface area contributed by atoms with Crippen molar-refractivity contribution < 1.29 is 0 Å². The van der Waals surface area contributed by atoms with Crippen LogP contribution in [0, 0.1) is 17.3 Å². The molecule has 0 spiro atoms. The Labute approximate surface area is 95.0 Å². The van der Waals surface area contributed by atoms with Crippen LogP contribution < -0.4 is 5.32 Å². The van der Waals surface area contributed by atoms with Crippen LogP contribution in [0.2, 0.25) is 0 Å². The lowest BCUT2D eigenvalue weighted by Gasteiger charge is -2.38. The Morgan fingerprint density at radius 3 is 2.67 bits per heavy atom. The van der Waals surface area contributed by atoms with Crippen molar-refractivity contribution in [2.45, 2.75) is 58.8 Å². The smallest absolute Gasteiger partial charge is 0.00105 e. The Balaban J connectivity index is 1.96. The fourth-order valence-corrected chi connectivity index (χ4v) is 4.07.